The van der Waals surface area contributed by atoms with Gasteiger partial charge in [-0.05, 0) is 48.9 Å². The van der Waals surface area contributed by atoms with Crippen molar-refractivity contribution in [2.24, 2.45) is 0 Å². The molecule has 0 saturated heterocycles. The maximum atomic E-state index is 12.0. The van der Waals surface area contributed by atoms with Crippen LogP contribution in [0.2, 0.25) is 5.02 Å². The zero-order chi connectivity index (χ0) is 15.9. The average Bonchev–Trinajstić information content (AvgIpc) is 2.52. The van der Waals surface area contributed by atoms with E-state index in [1.165, 1.54) is 0 Å². The van der Waals surface area contributed by atoms with E-state index < -0.39 is 0 Å². The number of aryl methyl sites for hydroxylation is 1. The highest BCUT2D eigenvalue weighted by molar-refractivity contribution is 6.33. The van der Waals surface area contributed by atoms with Crippen LogP contribution >= 0.6 is 11.6 Å². The highest BCUT2D eigenvalue weighted by Crippen LogP contribution is 2.18. The second-order valence-corrected chi connectivity index (χ2v) is 5.17. The maximum Gasteiger partial charge on any atom is 0.252 e. The Hall–Kier alpha value is -2.20. The molecule has 0 atom stereocenters. The highest BCUT2D eigenvalue weighted by Gasteiger charge is 2.09. The van der Waals surface area contributed by atoms with Crippen LogP contribution in [0, 0.1) is 6.92 Å². The summed E-state index contributed by atoms with van der Waals surface area (Å²) in [5, 5.41) is 3.23. The third-order valence-electron chi connectivity index (χ3n) is 3.08. The fourth-order valence-corrected chi connectivity index (χ4v) is 2.23. The third kappa shape index (κ3) is 4.40. The van der Waals surface area contributed by atoms with E-state index in [-0.39, 0.29) is 5.91 Å². The van der Waals surface area contributed by atoms with Gasteiger partial charge in [-0.15, -0.1) is 0 Å². The second kappa shape index (κ2) is 7.71. The molecule has 116 valence electrons. The first-order valence-electron chi connectivity index (χ1n) is 6.91. The quantitative estimate of drug-likeness (QED) is 0.829. The Balaban J connectivity index is 1.79. The lowest BCUT2D eigenvalue weighted by atomic mass is 10.1. The number of carbonyl (C=O) groups is 1. The molecule has 1 N–H and O–H groups in total. The Morgan fingerprint density at radius 2 is 1.82 bits per heavy atom. The molecule has 4 nitrogen and oxygen atoms in total. The molecule has 22 heavy (non-hydrogen) atoms. The van der Waals surface area contributed by atoms with E-state index >= 15 is 0 Å². The van der Waals surface area contributed by atoms with Crippen molar-refractivity contribution in [3.05, 3.63) is 58.6 Å². The van der Waals surface area contributed by atoms with Gasteiger partial charge in [-0.2, -0.15) is 0 Å². The van der Waals surface area contributed by atoms with E-state index in [1.807, 2.05) is 37.3 Å². The molecule has 0 fully saturated rings. The van der Waals surface area contributed by atoms with Crippen LogP contribution in [-0.4, -0.2) is 26.2 Å². The standard InChI is InChI=1S/C17H18ClNO3/c1-12-3-8-15(16(18)11-12)17(20)19-9-10-22-14-6-4-13(21-2)5-7-14/h3-8,11H,9-10H2,1-2H3,(H,19,20). The van der Waals surface area contributed by atoms with E-state index in [2.05, 4.69) is 5.32 Å². The topological polar surface area (TPSA) is 47.6 Å². The number of ether oxygens (including phenoxy) is 2. The van der Waals surface area contributed by atoms with Gasteiger partial charge in [0.2, 0.25) is 0 Å². The van der Waals surface area contributed by atoms with Crippen LogP contribution < -0.4 is 14.8 Å². The predicted octanol–water partition coefficient (Wildman–Crippen LogP) is 3.47. The van der Waals surface area contributed by atoms with E-state index in [0.717, 1.165) is 17.1 Å². The molecule has 5 heteroatoms. The Morgan fingerprint density at radius 1 is 1.14 bits per heavy atom. The molecule has 0 saturated carbocycles. The van der Waals surface area contributed by atoms with Gasteiger partial charge in [-0.1, -0.05) is 17.7 Å². The lowest BCUT2D eigenvalue weighted by Crippen LogP contribution is -2.28. The minimum Gasteiger partial charge on any atom is -0.497 e. The molecule has 0 aliphatic carbocycles. The summed E-state index contributed by atoms with van der Waals surface area (Å²) in [6, 6.07) is 12.6. The summed E-state index contributed by atoms with van der Waals surface area (Å²) in [6.07, 6.45) is 0. The van der Waals surface area contributed by atoms with E-state index in [1.54, 1.807) is 19.2 Å². The lowest BCUT2D eigenvalue weighted by Gasteiger charge is -2.09. The largest absolute Gasteiger partial charge is 0.497 e. The molecule has 0 unspecified atom stereocenters. The van der Waals surface area contributed by atoms with Crippen molar-refractivity contribution in [1.82, 2.24) is 5.32 Å². The van der Waals surface area contributed by atoms with Crippen LogP contribution in [0.4, 0.5) is 0 Å². The molecule has 0 heterocycles. The minimum absolute atomic E-state index is 0.205. The van der Waals surface area contributed by atoms with Gasteiger partial charge in [0.25, 0.3) is 5.91 Å². The van der Waals surface area contributed by atoms with Crippen molar-refractivity contribution in [2.75, 3.05) is 20.3 Å². The number of nitrogens with one attached hydrogen (secondary N) is 1. The number of hydrogen-bond acceptors (Lipinski definition) is 3. The van der Waals surface area contributed by atoms with Crippen LogP contribution in [0.1, 0.15) is 15.9 Å². The highest BCUT2D eigenvalue weighted by atomic mass is 35.5. The number of halogens is 1. The molecule has 2 aromatic carbocycles. The fraction of sp³-hybridized carbons (Fsp3) is 0.235. The van der Waals surface area contributed by atoms with E-state index in [0.29, 0.717) is 23.7 Å². The number of methoxy groups -OCH3 is 1. The first kappa shape index (κ1) is 16.2. The van der Waals surface area contributed by atoms with Crippen molar-refractivity contribution >= 4 is 17.5 Å². The molecular formula is C17H18ClNO3. The Kier molecular flexibility index (Phi) is 5.67. The summed E-state index contributed by atoms with van der Waals surface area (Å²) in [5.41, 5.74) is 1.49. The molecule has 1 amide bonds. The summed E-state index contributed by atoms with van der Waals surface area (Å²) >= 11 is 6.06. The molecule has 0 bridgehead atoms. The second-order valence-electron chi connectivity index (χ2n) is 4.76. The summed E-state index contributed by atoms with van der Waals surface area (Å²) in [5.74, 6) is 1.29. The molecular weight excluding hydrogens is 302 g/mol. The third-order valence-corrected chi connectivity index (χ3v) is 3.40. The van der Waals surface area contributed by atoms with Crippen LogP contribution in [0.3, 0.4) is 0 Å². The van der Waals surface area contributed by atoms with E-state index in [4.69, 9.17) is 21.1 Å². The van der Waals surface area contributed by atoms with Gasteiger partial charge in [0, 0.05) is 0 Å². The first-order valence-corrected chi connectivity index (χ1v) is 7.29. The van der Waals surface area contributed by atoms with Gasteiger partial charge in [0.05, 0.1) is 24.2 Å². The first-order chi connectivity index (χ1) is 10.6. The Bertz CT molecular complexity index is 641. The number of amides is 1. The van der Waals surface area contributed by atoms with Gasteiger partial charge >= 0.3 is 0 Å². The number of carbonyl (C=O) groups excluding carboxylic acids is 1. The zero-order valence-electron chi connectivity index (χ0n) is 12.6. The molecule has 0 spiro atoms. The Labute approximate surface area is 135 Å². The van der Waals surface area contributed by atoms with Crippen LogP contribution in [0.5, 0.6) is 11.5 Å². The summed E-state index contributed by atoms with van der Waals surface area (Å²) in [6.45, 7) is 2.70. The number of hydrogen-bond donors (Lipinski definition) is 1. The maximum absolute atomic E-state index is 12.0. The van der Waals surface area contributed by atoms with Crippen LogP contribution in [0.25, 0.3) is 0 Å². The molecule has 2 rings (SSSR count). The zero-order valence-corrected chi connectivity index (χ0v) is 13.3. The average molecular weight is 320 g/mol. The monoisotopic (exact) mass is 319 g/mol. The van der Waals surface area contributed by atoms with Crippen LogP contribution in [-0.2, 0) is 0 Å². The van der Waals surface area contributed by atoms with Gasteiger partial charge in [-0.3, -0.25) is 4.79 Å². The SMILES string of the molecule is COc1ccc(OCCNC(=O)c2ccc(C)cc2Cl)cc1. The number of rotatable bonds is 6. The van der Waals surface area contributed by atoms with E-state index in [9.17, 15) is 4.79 Å². The van der Waals surface area contributed by atoms with Crippen molar-refractivity contribution in [3.8, 4) is 11.5 Å². The smallest absolute Gasteiger partial charge is 0.252 e. The van der Waals surface area contributed by atoms with Crippen molar-refractivity contribution in [1.29, 1.82) is 0 Å². The molecule has 0 aliphatic rings. The number of benzene rings is 2. The fourth-order valence-electron chi connectivity index (χ4n) is 1.90. The minimum atomic E-state index is -0.205. The predicted molar refractivity (Wildman–Crippen MR) is 87.0 cm³/mol. The molecule has 0 aromatic heterocycles. The van der Waals surface area contributed by atoms with Crippen molar-refractivity contribution < 1.29 is 14.3 Å². The van der Waals surface area contributed by atoms with Gasteiger partial charge in [0.15, 0.2) is 0 Å². The lowest BCUT2D eigenvalue weighted by molar-refractivity contribution is 0.0947. The van der Waals surface area contributed by atoms with Gasteiger partial charge < -0.3 is 14.8 Å². The Morgan fingerprint density at radius 3 is 2.45 bits per heavy atom. The summed E-state index contributed by atoms with van der Waals surface area (Å²) in [4.78, 5) is 12.0. The molecule has 0 radical (unpaired) electrons. The normalized spacial score (nSPS) is 10.1. The molecule has 2 aromatic rings. The molecule has 0 aliphatic heterocycles. The van der Waals surface area contributed by atoms with Gasteiger partial charge in [-0.25, -0.2) is 0 Å². The summed E-state index contributed by atoms with van der Waals surface area (Å²) < 4.78 is 10.6. The summed E-state index contributed by atoms with van der Waals surface area (Å²) in [7, 11) is 1.61. The van der Waals surface area contributed by atoms with Crippen molar-refractivity contribution in [2.45, 2.75) is 6.92 Å². The van der Waals surface area contributed by atoms with Crippen LogP contribution in [0.15, 0.2) is 42.5 Å². The van der Waals surface area contributed by atoms with Crippen molar-refractivity contribution in [3.63, 3.8) is 0 Å². The van der Waals surface area contributed by atoms with Gasteiger partial charge in [0.1, 0.15) is 18.1 Å².